The average molecular weight is 327 g/mol. The van der Waals surface area contributed by atoms with Crippen molar-refractivity contribution >= 4 is 21.4 Å². The van der Waals surface area contributed by atoms with Crippen molar-refractivity contribution < 1.29 is 9.84 Å². The van der Waals surface area contributed by atoms with E-state index in [0.29, 0.717) is 5.75 Å². The number of aromatic hydroxyl groups is 1. The number of fused-ring (bicyclic) bond motifs is 1. The zero-order valence-corrected chi connectivity index (χ0v) is 14.2. The molecule has 3 aromatic rings. The lowest BCUT2D eigenvalue weighted by Gasteiger charge is -2.07. The summed E-state index contributed by atoms with van der Waals surface area (Å²) < 4.78 is 6.16. The van der Waals surface area contributed by atoms with Gasteiger partial charge in [-0.2, -0.15) is 0 Å². The summed E-state index contributed by atoms with van der Waals surface area (Å²) in [6.45, 7) is 3.86. The largest absolute Gasteiger partial charge is 0.506 e. The van der Waals surface area contributed by atoms with Gasteiger partial charge in [0.2, 0.25) is 0 Å². The van der Waals surface area contributed by atoms with E-state index in [2.05, 4.69) is 30.4 Å². The van der Waals surface area contributed by atoms with Crippen LogP contribution in [-0.2, 0) is 13.0 Å². The van der Waals surface area contributed by atoms with E-state index in [0.717, 1.165) is 35.3 Å². The van der Waals surface area contributed by atoms with E-state index in [4.69, 9.17) is 4.74 Å². The fraction of sp³-hybridized carbons (Fsp3) is 0.263. The molecule has 0 saturated carbocycles. The van der Waals surface area contributed by atoms with E-state index >= 15 is 0 Å². The standard InChI is InChI=1S/C19H21NO2S/c1-13-17(16-4-3-5-18(21)19(16)23-13)12-20-11-10-14-6-8-15(22-2)9-7-14/h3-9,20-21H,10-12H2,1-2H3. The van der Waals surface area contributed by atoms with Crippen LogP contribution in [0.25, 0.3) is 10.1 Å². The second kappa shape index (κ2) is 7.02. The molecule has 3 rings (SSSR count). The third-order valence-electron chi connectivity index (χ3n) is 4.05. The minimum atomic E-state index is 0.375. The number of methoxy groups -OCH3 is 1. The predicted octanol–water partition coefficient (Wildman–Crippen LogP) is 4.26. The molecule has 0 aliphatic rings. The second-order valence-corrected chi connectivity index (χ2v) is 6.79. The predicted molar refractivity (Wildman–Crippen MR) is 96.6 cm³/mol. The highest BCUT2D eigenvalue weighted by atomic mass is 32.1. The van der Waals surface area contributed by atoms with E-state index in [1.54, 1.807) is 24.5 Å². The van der Waals surface area contributed by atoms with Crippen molar-refractivity contribution in [3.63, 3.8) is 0 Å². The fourth-order valence-electron chi connectivity index (χ4n) is 2.73. The van der Waals surface area contributed by atoms with Crippen molar-refractivity contribution in [3.8, 4) is 11.5 Å². The molecule has 0 bridgehead atoms. The van der Waals surface area contributed by atoms with Gasteiger partial charge < -0.3 is 15.2 Å². The Bertz CT molecular complexity index is 793. The maximum Gasteiger partial charge on any atom is 0.133 e. The van der Waals surface area contributed by atoms with Gasteiger partial charge in [-0.05, 0) is 49.2 Å². The Morgan fingerprint density at radius 1 is 1.13 bits per heavy atom. The van der Waals surface area contributed by atoms with Crippen LogP contribution in [-0.4, -0.2) is 18.8 Å². The molecule has 0 radical (unpaired) electrons. The highest BCUT2D eigenvalue weighted by Gasteiger charge is 2.11. The first kappa shape index (κ1) is 15.8. The second-order valence-electron chi connectivity index (χ2n) is 5.57. The van der Waals surface area contributed by atoms with Crippen molar-refractivity contribution in [2.24, 2.45) is 0 Å². The lowest BCUT2D eigenvalue weighted by Crippen LogP contribution is -2.16. The molecular formula is C19H21NO2S. The first-order chi connectivity index (χ1) is 11.2. The molecule has 2 aromatic carbocycles. The zero-order valence-electron chi connectivity index (χ0n) is 13.4. The first-order valence-corrected chi connectivity index (χ1v) is 8.54. The van der Waals surface area contributed by atoms with Crippen LogP contribution >= 0.6 is 11.3 Å². The minimum absolute atomic E-state index is 0.375. The van der Waals surface area contributed by atoms with Crippen molar-refractivity contribution in [1.29, 1.82) is 0 Å². The number of nitrogens with one attached hydrogen (secondary N) is 1. The molecule has 0 atom stereocenters. The highest BCUT2D eigenvalue weighted by Crippen LogP contribution is 2.36. The molecule has 3 nitrogen and oxygen atoms in total. The van der Waals surface area contributed by atoms with Crippen LogP contribution in [0.5, 0.6) is 11.5 Å². The number of benzene rings is 2. The molecule has 23 heavy (non-hydrogen) atoms. The Morgan fingerprint density at radius 2 is 1.91 bits per heavy atom. The molecule has 0 fully saturated rings. The Kier molecular flexibility index (Phi) is 4.84. The zero-order chi connectivity index (χ0) is 16.2. The van der Waals surface area contributed by atoms with Gasteiger partial charge in [0.1, 0.15) is 11.5 Å². The Morgan fingerprint density at radius 3 is 2.65 bits per heavy atom. The summed E-state index contributed by atoms with van der Waals surface area (Å²) in [7, 11) is 1.68. The first-order valence-electron chi connectivity index (χ1n) is 7.72. The summed E-state index contributed by atoms with van der Waals surface area (Å²) in [5.74, 6) is 1.27. The van der Waals surface area contributed by atoms with Gasteiger partial charge in [-0.25, -0.2) is 0 Å². The molecule has 0 aliphatic heterocycles. The summed E-state index contributed by atoms with van der Waals surface area (Å²) in [5, 5.41) is 14.6. The monoisotopic (exact) mass is 327 g/mol. The number of thiophene rings is 1. The van der Waals surface area contributed by atoms with E-state index in [1.165, 1.54) is 16.0 Å². The highest BCUT2D eigenvalue weighted by molar-refractivity contribution is 7.19. The van der Waals surface area contributed by atoms with Gasteiger partial charge in [0.15, 0.2) is 0 Å². The fourth-order valence-corrected chi connectivity index (χ4v) is 3.82. The van der Waals surface area contributed by atoms with Crippen LogP contribution in [0, 0.1) is 6.92 Å². The van der Waals surface area contributed by atoms with Gasteiger partial charge in [-0.15, -0.1) is 11.3 Å². The lowest BCUT2D eigenvalue weighted by atomic mass is 10.1. The number of phenols is 1. The van der Waals surface area contributed by atoms with Crippen LogP contribution in [0.3, 0.4) is 0 Å². The summed E-state index contributed by atoms with van der Waals surface area (Å²) in [5.41, 5.74) is 2.58. The van der Waals surface area contributed by atoms with Crippen LogP contribution in [0.2, 0.25) is 0 Å². The van der Waals surface area contributed by atoms with Crippen LogP contribution in [0.4, 0.5) is 0 Å². The van der Waals surface area contributed by atoms with Crippen molar-refractivity contribution in [3.05, 3.63) is 58.5 Å². The van der Waals surface area contributed by atoms with Crippen LogP contribution in [0.15, 0.2) is 42.5 Å². The van der Waals surface area contributed by atoms with Gasteiger partial charge in [0.05, 0.1) is 11.8 Å². The maximum atomic E-state index is 9.95. The average Bonchev–Trinajstić information content (AvgIpc) is 2.89. The van der Waals surface area contributed by atoms with Crippen molar-refractivity contribution in [2.45, 2.75) is 19.9 Å². The number of ether oxygens (including phenoxy) is 1. The molecule has 1 aromatic heterocycles. The van der Waals surface area contributed by atoms with E-state index in [9.17, 15) is 5.11 Å². The Balaban J connectivity index is 1.60. The summed E-state index contributed by atoms with van der Waals surface area (Å²) >= 11 is 1.66. The summed E-state index contributed by atoms with van der Waals surface area (Å²) in [6, 6.07) is 13.9. The number of phenolic OH excluding ortho intramolecular Hbond substituents is 1. The molecule has 2 N–H and O–H groups in total. The molecular weight excluding hydrogens is 306 g/mol. The number of rotatable bonds is 6. The maximum absolute atomic E-state index is 9.95. The molecule has 4 heteroatoms. The van der Waals surface area contributed by atoms with Crippen molar-refractivity contribution in [2.75, 3.05) is 13.7 Å². The Hall–Kier alpha value is -2.04. The van der Waals surface area contributed by atoms with Gasteiger partial charge in [-0.3, -0.25) is 0 Å². The number of aryl methyl sites for hydroxylation is 1. The van der Waals surface area contributed by atoms with Gasteiger partial charge >= 0.3 is 0 Å². The normalized spacial score (nSPS) is 11.0. The molecule has 0 saturated heterocycles. The van der Waals surface area contributed by atoms with E-state index in [1.807, 2.05) is 18.2 Å². The molecule has 120 valence electrons. The van der Waals surface area contributed by atoms with Crippen LogP contribution < -0.4 is 10.1 Å². The molecule has 0 aliphatic carbocycles. The SMILES string of the molecule is COc1ccc(CCNCc2c(C)sc3c(O)cccc23)cc1. The third kappa shape index (κ3) is 3.49. The van der Waals surface area contributed by atoms with Crippen LogP contribution in [0.1, 0.15) is 16.0 Å². The molecule has 0 unspecified atom stereocenters. The number of hydrogen-bond acceptors (Lipinski definition) is 4. The van der Waals surface area contributed by atoms with Gasteiger partial charge in [-0.1, -0.05) is 24.3 Å². The molecule has 0 spiro atoms. The van der Waals surface area contributed by atoms with E-state index < -0.39 is 0 Å². The number of hydrogen-bond donors (Lipinski definition) is 2. The quantitative estimate of drug-likeness (QED) is 0.665. The summed E-state index contributed by atoms with van der Waals surface area (Å²) in [4.78, 5) is 1.26. The lowest BCUT2D eigenvalue weighted by molar-refractivity contribution is 0.414. The summed E-state index contributed by atoms with van der Waals surface area (Å²) in [6.07, 6.45) is 0.983. The van der Waals surface area contributed by atoms with Gasteiger partial charge in [0, 0.05) is 16.8 Å². The van der Waals surface area contributed by atoms with Gasteiger partial charge in [0.25, 0.3) is 0 Å². The van der Waals surface area contributed by atoms with E-state index in [-0.39, 0.29) is 0 Å². The molecule has 1 heterocycles. The third-order valence-corrected chi connectivity index (χ3v) is 5.24. The topological polar surface area (TPSA) is 41.5 Å². The Labute approximate surface area is 140 Å². The smallest absolute Gasteiger partial charge is 0.133 e. The minimum Gasteiger partial charge on any atom is -0.506 e. The molecule has 0 amide bonds. The van der Waals surface area contributed by atoms with Crippen molar-refractivity contribution in [1.82, 2.24) is 5.32 Å².